The molecule has 4 rings (SSSR count). The number of carboxylic acid groups (broad SMARTS) is 1. The number of nitrogens with zero attached hydrogens (tertiary/aromatic N) is 2. The highest BCUT2D eigenvalue weighted by Gasteiger charge is 2.56. The van der Waals surface area contributed by atoms with Gasteiger partial charge in [0.05, 0.1) is 17.8 Å². The topological polar surface area (TPSA) is 84.2 Å². The number of aliphatic carboxylic acids is 1. The van der Waals surface area contributed by atoms with Crippen molar-refractivity contribution in [3.8, 4) is 5.69 Å². The van der Waals surface area contributed by atoms with Gasteiger partial charge in [-0.2, -0.15) is 5.10 Å². The van der Waals surface area contributed by atoms with Crippen LogP contribution in [0.3, 0.4) is 0 Å². The summed E-state index contributed by atoms with van der Waals surface area (Å²) in [5.41, 5.74) is 2.49. The largest absolute Gasteiger partial charge is 0.481 e. The maximum atomic E-state index is 12.5. The van der Waals surface area contributed by atoms with Crippen LogP contribution in [-0.2, 0) is 4.79 Å². The van der Waals surface area contributed by atoms with Crippen LogP contribution in [-0.4, -0.2) is 32.8 Å². The molecule has 4 atom stereocenters. The Morgan fingerprint density at radius 2 is 1.92 bits per heavy atom. The molecule has 2 N–H and O–H groups in total. The molecule has 2 saturated carbocycles. The van der Waals surface area contributed by atoms with Crippen LogP contribution >= 0.6 is 0 Å². The SMILES string of the molecule is Cc1cnn(-c2ccc(C(=O)N[C@H]3[C@@H]4CCC[C@@H]4[C@@H]3C(=O)O)cc2)c1. The summed E-state index contributed by atoms with van der Waals surface area (Å²) < 4.78 is 1.76. The Bertz CT molecular complexity index is 812. The Balaban J connectivity index is 1.47. The third-order valence-corrected chi connectivity index (χ3v) is 5.62. The minimum absolute atomic E-state index is 0.204. The van der Waals surface area contributed by atoms with Crippen molar-refractivity contribution in [1.29, 1.82) is 0 Å². The molecule has 0 aliphatic heterocycles. The van der Waals surface area contributed by atoms with Gasteiger partial charge >= 0.3 is 5.97 Å². The average Bonchev–Trinajstić information content (AvgIpc) is 3.19. The van der Waals surface area contributed by atoms with E-state index in [-0.39, 0.29) is 17.9 Å². The lowest BCUT2D eigenvalue weighted by molar-refractivity contribution is -0.152. The molecular formula is C19H21N3O3. The van der Waals surface area contributed by atoms with Crippen LogP contribution in [0.5, 0.6) is 0 Å². The van der Waals surface area contributed by atoms with Gasteiger partial charge in [0.1, 0.15) is 0 Å². The second kappa shape index (κ2) is 6.02. The molecule has 0 spiro atoms. The van der Waals surface area contributed by atoms with E-state index in [0.29, 0.717) is 11.5 Å². The van der Waals surface area contributed by atoms with Gasteiger partial charge in [-0.3, -0.25) is 9.59 Å². The van der Waals surface area contributed by atoms with Crippen LogP contribution in [0.25, 0.3) is 5.69 Å². The Kier molecular flexibility index (Phi) is 3.82. The van der Waals surface area contributed by atoms with E-state index in [0.717, 1.165) is 30.5 Å². The molecule has 130 valence electrons. The molecule has 0 unspecified atom stereocenters. The molecule has 0 bridgehead atoms. The molecule has 6 nitrogen and oxygen atoms in total. The lowest BCUT2D eigenvalue weighted by Gasteiger charge is -2.46. The third kappa shape index (κ3) is 2.71. The van der Waals surface area contributed by atoms with E-state index in [1.54, 1.807) is 23.0 Å². The fourth-order valence-electron chi connectivity index (χ4n) is 4.38. The van der Waals surface area contributed by atoms with Gasteiger partial charge in [-0.25, -0.2) is 4.68 Å². The molecule has 2 aliphatic rings. The van der Waals surface area contributed by atoms with Crippen LogP contribution in [0, 0.1) is 24.7 Å². The van der Waals surface area contributed by atoms with Crippen LogP contribution in [0.4, 0.5) is 0 Å². The van der Waals surface area contributed by atoms with Crippen molar-refractivity contribution < 1.29 is 14.7 Å². The first-order valence-corrected chi connectivity index (χ1v) is 8.70. The molecule has 1 amide bonds. The van der Waals surface area contributed by atoms with Crippen LogP contribution in [0.2, 0.25) is 0 Å². The fourth-order valence-corrected chi connectivity index (χ4v) is 4.38. The molecule has 2 aliphatic carbocycles. The number of hydrogen-bond acceptors (Lipinski definition) is 3. The number of carbonyl (C=O) groups is 2. The molecular weight excluding hydrogens is 318 g/mol. The molecule has 0 saturated heterocycles. The molecule has 1 heterocycles. The predicted octanol–water partition coefficient (Wildman–Crippen LogP) is 2.41. The zero-order chi connectivity index (χ0) is 17.6. The van der Waals surface area contributed by atoms with E-state index in [1.807, 2.05) is 25.3 Å². The first-order chi connectivity index (χ1) is 12.0. The summed E-state index contributed by atoms with van der Waals surface area (Å²) in [6.07, 6.45) is 6.73. The first-order valence-electron chi connectivity index (χ1n) is 8.70. The van der Waals surface area contributed by atoms with Crippen LogP contribution < -0.4 is 5.32 Å². The Morgan fingerprint density at radius 1 is 1.20 bits per heavy atom. The number of benzene rings is 1. The standard InChI is InChI=1S/C19H21N3O3/c1-11-9-20-22(10-11)13-7-5-12(6-8-13)18(23)21-17-15-4-2-3-14(15)16(17)19(24)25/h5-10,14-17H,2-4H2,1H3,(H,21,23)(H,24,25)/t14-,15+,16-,17-/m0/s1. The van der Waals surface area contributed by atoms with Crippen molar-refractivity contribution in [2.75, 3.05) is 0 Å². The highest BCUT2D eigenvalue weighted by atomic mass is 16.4. The molecule has 1 aromatic heterocycles. The average molecular weight is 339 g/mol. The minimum Gasteiger partial charge on any atom is -0.481 e. The number of carboxylic acids is 1. The molecule has 1 aromatic carbocycles. The zero-order valence-electron chi connectivity index (χ0n) is 14.1. The zero-order valence-corrected chi connectivity index (χ0v) is 14.1. The van der Waals surface area contributed by atoms with E-state index in [1.165, 1.54) is 0 Å². The number of aryl methyl sites for hydroxylation is 1. The number of amides is 1. The van der Waals surface area contributed by atoms with Gasteiger partial charge in [-0.05, 0) is 61.4 Å². The van der Waals surface area contributed by atoms with Crippen molar-refractivity contribution >= 4 is 11.9 Å². The second-order valence-electron chi connectivity index (χ2n) is 7.13. The summed E-state index contributed by atoms with van der Waals surface area (Å²) in [6.45, 7) is 1.97. The van der Waals surface area contributed by atoms with Gasteiger partial charge in [0, 0.05) is 17.8 Å². The van der Waals surface area contributed by atoms with E-state index in [2.05, 4.69) is 10.4 Å². The minimum atomic E-state index is -0.794. The van der Waals surface area contributed by atoms with Gasteiger partial charge in [0.25, 0.3) is 5.91 Å². The molecule has 0 radical (unpaired) electrons. The lowest BCUT2D eigenvalue weighted by atomic mass is 9.62. The van der Waals surface area contributed by atoms with Crippen molar-refractivity contribution in [3.63, 3.8) is 0 Å². The number of aromatic nitrogens is 2. The van der Waals surface area contributed by atoms with Gasteiger partial charge in [-0.1, -0.05) is 6.42 Å². The third-order valence-electron chi connectivity index (χ3n) is 5.62. The summed E-state index contributed by atoms with van der Waals surface area (Å²) >= 11 is 0. The van der Waals surface area contributed by atoms with Crippen molar-refractivity contribution in [2.45, 2.75) is 32.2 Å². The Morgan fingerprint density at radius 3 is 2.56 bits per heavy atom. The number of rotatable bonds is 4. The van der Waals surface area contributed by atoms with Gasteiger partial charge in [0.2, 0.25) is 0 Å². The maximum Gasteiger partial charge on any atom is 0.308 e. The number of nitrogens with one attached hydrogen (secondary N) is 1. The summed E-state index contributed by atoms with van der Waals surface area (Å²) in [6, 6.07) is 6.94. The summed E-state index contributed by atoms with van der Waals surface area (Å²) in [7, 11) is 0. The second-order valence-corrected chi connectivity index (χ2v) is 7.13. The maximum absolute atomic E-state index is 12.5. The Labute approximate surface area is 145 Å². The van der Waals surface area contributed by atoms with Gasteiger partial charge in [-0.15, -0.1) is 0 Å². The summed E-state index contributed by atoms with van der Waals surface area (Å²) in [5, 5.41) is 16.6. The molecule has 25 heavy (non-hydrogen) atoms. The van der Waals surface area contributed by atoms with E-state index in [4.69, 9.17) is 0 Å². The van der Waals surface area contributed by atoms with E-state index in [9.17, 15) is 14.7 Å². The smallest absolute Gasteiger partial charge is 0.308 e. The molecule has 2 fully saturated rings. The first kappa shape index (κ1) is 15.9. The van der Waals surface area contributed by atoms with E-state index >= 15 is 0 Å². The highest BCUT2D eigenvalue weighted by Crippen LogP contribution is 2.51. The van der Waals surface area contributed by atoms with Gasteiger partial charge < -0.3 is 10.4 Å². The van der Waals surface area contributed by atoms with Crippen LogP contribution in [0.1, 0.15) is 35.2 Å². The summed E-state index contributed by atoms with van der Waals surface area (Å²) in [4.78, 5) is 24.0. The number of carbonyl (C=O) groups excluding carboxylic acids is 1. The van der Waals surface area contributed by atoms with Gasteiger partial charge in [0.15, 0.2) is 0 Å². The molecule has 2 aromatic rings. The fraction of sp³-hybridized carbons (Fsp3) is 0.421. The normalized spacial score (nSPS) is 27.4. The number of hydrogen-bond donors (Lipinski definition) is 2. The van der Waals surface area contributed by atoms with Crippen LogP contribution in [0.15, 0.2) is 36.7 Å². The van der Waals surface area contributed by atoms with E-state index < -0.39 is 11.9 Å². The quantitative estimate of drug-likeness (QED) is 0.896. The lowest BCUT2D eigenvalue weighted by Crippen LogP contribution is -2.60. The monoisotopic (exact) mass is 339 g/mol. The number of fused-ring (bicyclic) bond motifs is 1. The Hall–Kier alpha value is -2.63. The van der Waals surface area contributed by atoms with Crippen molar-refractivity contribution in [2.24, 2.45) is 17.8 Å². The highest BCUT2D eigenvalue weighted by molar-refractivity contribution is 5.95. The van der Waals surface area contributed by atoms with Crippen molar-refractivity contribution in [3.05, 3.63) is 47.8 Å². The van der Waals surface area contributed by atoms with Crippen molar-refractivity contribution in [1.82, 2.24) is 15.1 Å². The molecule has 6 heteroatoms. The predicted molar refractivity (Wildman–Crippen MR) is 91.5 cm³/mol. The summed E-state index contributed by atoms with van der Waals surface area (Å²) in [5.74, 6) is -0.893.